The molecule has 6 nitrogen and oxygen atoms in total. The molecule has 1 amide bonds. The molecule has 4 rings (SSSR count). The van der Waals surface area contributed by atoms with Gasteiger partial charge >= 0.3 is 0 Å². The summed E-state index contributed by atoms with van der Waals surface area (Å²) in [5.41, 5.74) is 3.21. The molecule has 1 atom stereocenters. The van der Waals surface area contributed by atoms with Gasteiger partial charge in [-0.3, -0.25) is 9.78 Å². The van der Waals surface area contributed by atoms with Gasteiger partial charge in [0.2, 0.25) is 5.95 Å². The Balaban J connectivity index is 1.42. The summed E-state index contributed by atoms with van der Waals surface area (Å²) in [5.74, 6) is 0.604. The van der Waals surface area contributed by atoms with E-state index in [4.69, 9.17) is 0 Å². The Morgan fingerprint density at radius 3 is 2.74 bits per heavy atom. The molecule has 1 fully saturated rings. The van der Waals surface area contributed by atoms with Gasteiger partial charge in [-0.2, -0.15) is 0 Å². The quantitative estimate of drug-likeness (QED) is 0.876. The van der Waals surface area contributed by atoms with Gasteiger partial charge in [0.05, 0.1) is 11.6 Å². The van der Waals surface area contributed by atoms with Crippen molar-refractivity contribution in [2.75, 3.05) is 18.4 Å². The van der Waals surface area contributed by atoms with E-state index in [2.05, 4.69) is 40.2 Å². The summed E-state index contributed by atoms with van der Waals surface area (Å²) in [6.07, 6.45) is 10.4. The molecule has 0 spiro atoms. The highest BCUT2D eigenvalue weighted by Crippen LogP contribution is 2.37. The van der Waals surface area contributed by atoms with Gasteiger partial charge in [0.1, 0.15) is 0 Å². The van der Waals surface area contributed by atoms with Crippen molar-refractivity contribution in [1.29, 1.82) is 0 Å². The number of nitrogens with zero attached hydrogens (tertiary/aromatic N) is 4. The molecule has 142 valence electrons. The number of carbonyl (C=O) groups is 1. The zero-order chi connectivity index (χ0) is 18.9. The Labute approximate surface area is 160 Å². The predicted octanol–water partition coefficient (Wildman–Crippen LogP) is 3.62. The number of carbonyl (C=O) groups excluding carboxylic acids is 1. The maximum absolute atomic E-state index is 12.8. The van der Waals surface area contributed by atoms with Gasteiger partial charge in [0, 0.05) is 37.4 Å². The number of rotatable bonds is 5. The number of hydrogen-bond donors (Lipinski definition) is 1. The predicted molar refractivity (Wildman–Crippen MR) is 104 cm³/mol. The van der Waals surface area contributed by atoms with Crippen LogP contribution in [0.5, 0.6) is 0 Å². The minimum atomic E-state index is 0.0423. The topological polar surface area (TPSA) is 71.0 Å². The molecule has 1 saturated heterocycles. The fourth-order valence-electron chi connectivity index (χ4n) is 4.35. The summed E-state index contributed by atoms with van der Waals surface area (Å²) >= 11 is 0. The molecule has 27 heavy (non-hydrogen) atoms. The first-order chi connectivity index (χ1) is 13.1. The van der Waals surface area contributed by atoms with Gasteiger partial charge < -0.3 is 10.2 Å². The first-order valence-corrected chi connectivity index (χ1v) is 9.96. The van der Waals surface area contributed by atoms with E-state index >= 15 is 0 Å². The minimum Gasteiger partial charge on any atom is -0.347 e. The van der Waals surface area contributed by atoms with Crippen LogP contribution >= 0.6 is 0 Å². The lowest BCUT2D eigenvalue weighted by molar-refractivity contribution is 0.0769. The van der Waals surface area contributed by atoms with Crippen LogP contribution in [0.4, 0.5) is 5.95 Å². The van der Waals surface area contributed by atoms with Gasteiger partial charge in [0.15, 0.2) is 0 Å². The van der Waals surface area contributed by atoms with Crippen LogP contribution in [0.15, 0.2) is 30.7 Å². The van der Waals surface area contributed by atoms with Crippen molar-refractivity contribution >= 4 is 11.9 Å². The number of aryl methyl sites for hydroxylation is 1. The molecule has 0 saturated carbocycles. The van der Waals surface area contributed by atoms with Crippen LogP contribution in [0.25, 0.3) is 0 Å². The van der Waals surface area contributed by atoms with Crippen molar-refractivity contribution in [3.05, 3.63) is 47.5 Å². The molecule has 2 aliphatic rings. The number of pyridine rings is 1. The van der Waals surface area contributed by atoms with Gasteiger partial charge in [-0.05, 0) is 49.1 Å². The standard InChI is InChI=1S/C21H27N5O/c1-3-21(4-2)9-11-26(14-21)19(27)15-12-23-20(24-13-15)25-18-8-7-17-16(18)6-5-10-22-17/h5-6,10,12-13,18H,3-4,7-9,11,14H2,1-2H3,(H,23,24,25)/t18-/m1/s1. The largest absolute Gasteiger partial charge is 0.347 e. The van der Waals surface area contributed by atoms with Crippen molar-refractivity contribution in [2.24, 2.45) is 5.41 Å². The summed E-state index contributed by atoms with van der Waals surface area (Å²) in [6.45, 7) is 6.10. The van der Waals surface area contributed by atoms with Crippen LogP contribution in [0, 0.1) is 5.41 Å². The van der Waals surface area contributed by atoms with Gasteiger partial charge in [-0.1, -0.05) is 19.9 Å². The van der Waals surface area contributed by atoms with Crippen molar-refractivity contribution in [2.45, 2.75) is 52.0 Å². The molecule has 1 aliphatic carbocycles. The van der Waals surface area contributed by atoms with E-state index in [-0.39, 0.29) is 17.4 Å². The summed E-state index contributed by atoms with van der Waals surface area (Å²) in [7, 11) is 0. The lowest BCUT2D eigenvalue weighted by Crippen LogP contribution is -2.32. The van der Waals surface area contributed by atoms with E-state index in [1.165, 1.54) is 5.56 Å². The highest BCUT2D eigenvalue weighted by molar-refractivity contribution is 5.94. The van der Waals surface area contributed by atoms with E-state index in [9.17, 15) is 4.79 Å². The van der Waals surface area contributed by atoms with Crippen molar-refractivity contribution in [3.63, 3.8) is 0 Å². The highest BCUT2D eigenvalue weighted by atomic mass is 16.2. The molecule has 0 unspecified atom stereocenters. The Hall–Kier alpha value is -2.50. The molecule has 2 aromatic heterocycles. The minimum absolute atomic E-state index is 0.0423. The zero-order valence-corrected chi connectivity index (χ0v) is 16.1. The summed E-state index contributed by atoms with van der Waals surface area (Å²) in [4.78, 5) is 28.0. The van der Waals surface area contributed by atoms with E-state index in [0.717, 1.165) is 50.9 Å². The Bertz CT molecular complexity index is 816. The summed E-state index contributed by atoms with van der Waals surface area (Å²) in [6, 6.07) is 4.25. The van der Waals surface area contributed by atoms with E-state index < -0.39 is 0 Å². The molecule has 0 bridgehead atoms. The summed E-state index contributed by atoms with van der Waals surface area (Å²) in [5, 5.41) is 3.38. The SMILES string of the molecule is CCC1(CC)CCN(C(=O)c2cnc(N[C@@H]3CCc4ncccc43)nc2)C1. The molecule has 3 heterocycles. The second kappa shape index (κ2) is 7.25. The van der Waals surface area contributed by atoms with Crippen LogP contribution in [0.1, 0.15) is 67.2 Å². The second-order valence-corrected chi connectivity index (χ2v) is 7.75. The number of likely N-dealkylation sites (tertiary alicyclic amines) is 1. The molecule has 0 aromatic carbocycles. The van der Waals surface area contributed by atoms with Gasteiger partial charge in [-0.15, -0.1) is 0 Å². The van der Waals surface area contributed by atoms with E-state index in [1.807, 2.05) is 17.2 Å². The van der Waals surface area contributed by atoms with Crippen LogP contribution in [-0.2, 0) is 6.42 Å². The molecule has 6 heteroatoms. The number of nitrogens with one attached hydrogen (secondary N) is 1. The van der Waals surface area contributed by atoms with Crippen molar-refractivity contribution < 1.29 is 4.79 Å². The zero-order valence-electron chi connectivity index (χ0n) is 16.1. The first-order valence-electron chi connectivity index (χ1n) is 9.96. The third-order valence-electron chi connectivity index (χ3n) is 6.40. The molecular weight excluding hydrogens is 338 g/mol. The average molecular weight is 365 g/mol. The van der Waals surface area contributed by atoms with Crippen LogP contribution in [0.3, 0.4) is 0 Å². The average Bonchev–Trinajstić information content (AvgIpc) is 3.33. The normalized spacial score (nSPS) is 20.5. The maximum atomic E-state index is 12.8. The number of aromatic nitrogens is 3. The second-order valence-electron chi connectivity index (χ2n) is 7.75. The Kier molecular flexibility index (Phi) is 4.81. The first kappa shape index (κ1) is 17.9. The van der Waals surface area contributed by atoms with Crippen molar-refractivity contribution in [1.82, 2.24) is 19.9 Å². The van der Waals surface area contributed by atoms with Gasteiger partial charge in [-0.25, -0.2) is 9.97 Å². The Morgan fingerprint density at radius 2 is 2.04 bits per heavy atom. The number of anilines is 1. The van der Waals surface area contributed by atoms with Crippen LogP contribution < -0.4 is 5.32 Å². The highest BCUT2D eigenvalue weighted by Gasteiger charge is 2.37. The van der Waals surface area contributed by atoms with Crippen LogP contribution in [0.2, 0.25) is 0 Å². The maximum Gasteiger partial charge on any atom is 0.257 e. The van der Waals surface area contributed by atoms with Gasteiger partial charge in [0.25, 0.3) is 5.91 Å². The molecule has 1 N–H and O–H groups in total. The molecular formula is C21H27N5O. The summed E-state index contributed by atoms with van der Waals surface area (Å²) < 4.78 is 0. The Morgan fingerprint density at radius 1 is 1.26 bits per heavy atom. The molecule has 1 aliphatic heterocycles. The third-order valence-corrected chi connectivity index (χ3v) is 6.40. The lowest BCUT2D eigenvalue weighted by atomic mass is 9.82. The van der Waals surface area contributed by atoms with E-state index in [0.29, 0.717) is 11.5 Å². The van der Waals surface area contributed by atoms with E-state index in [1.54, 1.807) is 12.4 Å². The molecule has 2 aromatic rings. The lowest BCUT2D eigenvalue weighted by Gasteiger charge is -2.26. The monoisotopic (exact) mass is 365 g/mol. The molecule has 0 radical (unpaired) electrons. The van der Waals surface area contributed by atoms with Crippen molar-refractivity contribution in [3.8, 4) is 0 Å². The fraction of sp³-hybridized carbons (Fsp3) is 0.524. The third kappa shape index (κ3) is 3.40. The van der Waals surface area contributed by atoms with Crippen LogP contribution in [-0.4, -0.2) is 38.8 Å². The number of amides is 1. The number of fused-ring (bicyclic) bond motifs is 1. The smallest absolute Gasteiger partial charge is 0.257 e. The number of hydrogen-bond acceptors (Lipinski definition) is 5. The fourth-order valence-corrected chi connectivity index (χ4v) is 4.35.